The third-order valence-electron chi connectivity index (χ3n) is 3.78. The van der Waals surface area contributed by atoms with E-state index in [2.05, 4.69) is 21.2 Å². The van der Waals surface area contributed by atoms with Crippen molar-refractivity contribution in [3.05, 3.63) is 27.7 Å². The molecule has 1 aromatic rings. The largest absolute Gasteiger partial charge is 0.466 e. The Morgan fingerprint density at radius 3 is 2.70 bits per heavy atom. The van der Waals surface area contributed by atoms with E-state index >= 15 is 0 Å². The Labute approximate surface area is 149 Å². The summed E-state index contributed by atoms with van der Waals surface area (Å²) >= 11 is 9.42. The Morgan fingerprint density at radius 1 is 1.39 bits per heavy atom. The first-order valence-electron chi connectivity index (χ1n) is 7.63. The van der Waals surface area contributed by atoms with E-state index in [0.29, 0.717) is 37.0 Å². The van der Waals surface area contributed by atoms with Crippen molar-refractivity contribution >= 4 is 45.1 Å². The van der Waals surface area contributed by atoms with E-state index in [1.165, 1.54) is 0 Å². The smallest absolute Gasteiger partial charge is 0.309 e. The lowest BCUT2D eigenvalue weighted by molar-refractivity contribution is -0.149. The molecule has 1 N–H and O–H groups in total. The summed E-state index contributed by atoms with van der Waals surface area (Å²) < 4.78 is 5.91. The summed E-state index contributed by atoms with van der Waals surface area (Å²) in [5.41, 5.74) is 0.598. The number of carbonyl (C=O) groups is 2. The number of benzene rings is 1. The maximum Gasteiger partial charge on any atom is 0.309 e. The monoisotopic (exact) mass is 402 g/mol. The van der Waals surface area contributed by atoms with Gasteiger partial charge in [-0.3, -0.25) is 14.5 Å². The predicted octanol–water partition coefficient (Wildman–Crippen LogP) is 3.32. The first-order valence-corrected chi connectivity index (χ1v) is 8.80. The number of hydrogen-bond acceptors (Lipinski definition) is 4. The second-order valence-corrected chi connectivity index (χ2v) is 6.80. The minimum Gasteiger partial charge on any atom is -0.466 e. The molecule has 0 radical (unpaired) electrons. The van der Waals surface area contributed by atoms with Gasteiger partial charge in [0.25, 0.3) is 0 Å². The molecule has 0 bridgehead atoms. The van der Waals surface area contributed by atoms with Crippen LogP contribution in [0.3, 0.4) is 0 Å². The van der Waals surface area contributed by atoms with Crippen molar-refractivity contribution in [3.63, 3.8) is 0 Å². The molecule has 0 spiro atoms. The molecule has 1 amide bonds. The van der Waals surface area contributed by atoms with Crippen LogP contribution >= 0.6 is 27.5 Å². The second-order valence-electron chi connectivity index (χ2n) is 5.47. The van der Waals surface area contributed by atoms with Crippen LogP contribution in [0.4, 0.5) is 5.69 Å². The summed E-state index contributed by atoms with van der Waals surface area (Å²) in [4.78, 5) is 25.9. The number of anilines is 1. The van der Waals surface area contributed by atoms with E-state index in [4.69, 9.17) is 16.3 Å². The molecule has 0 saturated carbocycles. The van der Waals surface area contributed by atoms with Crippen LogP contribution in [0.1, 0.15) is 19.8 Å². The summed E-state index contributed by atoms with van der Waals surface area (Å²) in [7, 11) is 0. The first kappa shape index (κ1) is 18.2. The molecule has 1 aliphatic heterocycles. The van der Waals surface area contributed by atoms with Crippen molar-refractivity contribution in [2.75, 3.05) is 31.6 Å². The molecule has 23 heavy (non-hydrogen) atoms. The molecule has 1 saturated heterocycles. The summed E-state index contributed by atoms with van der Waals surface area (Å²) in [6.45, 7) is 3.94. The van der Waals surface area contributed by atoms with E-state index < -0.39 is 0 Å². The predicted molar refractivity (Wildman–Crippen MR) is 93.6 cm³/mol. The number of piperidine rings is 1. The fourth-order valence-electron chi connectivity index (χ4n) is 2.57. The van der Waals surface area contributed by atoms with Crippen LogP contribution in [0.15, 0.2) is 22.7 Å². The topological polar surface area (TPSA) is 58.6 Å². The molecule has 2 rings (SSSR count). The summed E-state index contributed by atoms with van der Waals surface area (Å²) in [6, 6.07) is 5.33. The van der Waals surface area contributed by atoms with Crippen molar-refractivity contribution in [2.24, 2.45) is 5.92 Å². The molecule has 1 aliphatic rings. The standard InChI is InChI=1S/C16H20BrClN2O3/c1-2-23-16(22)11-5-7-20(8-6-11)10-15(21)19-14-4-3-12(17)9-13(14)18/h3-4,9,11H,2,5-8,10H2,1H3,(H,19,21). The number of halogens is 2. The molecule has 1 heterocycles. The van der Waals surface area contributed by atoms with Crippen LogP contribution in [0, 0.1) is 5.92 Å². The average molecular weight is 404 g/mol. The van der Waals surface area contributed by atoms with E-state index in [9.17, 15) is 9.59 Å². The average Bonchev–Trinajstić information content (AvgIpc) is 2.51. The molecule has 126 valence electrons. The highest BCUT2D eigenvalue weighted by Gasteiger charge is 2.26. The highest BCUT2D eigenvalue weighted by Crippen LogP contribution is 2.25. The maximum absolute atomic E-state index is 12.1. The van der Waals surface area contributed by atoms with Gasteiger partial charge in [0.05, 0.1) is 29.8 Å². The van der Waals surface area contributed by atoms with Crippen LogP contribution in [0.5, 0.6) is 0 Å². The fourth-order valence-corrected chi connectivity index (χ4v) is 3.29. The van der Waals surface area contributed by atoms with E-state index in [-0.39, 0.29) is 17.8 Å². The molecular weight excluding hydrogens is 384 g/mol. The van der Waals surface area contributed by atoms with Crippen LogP contribution < -0.4 is 5.32 Å². The van der Waals surface area contributed by atoms with Gasteiger partial charge < -0.3 is 10.1 Å². The maximum atomic E-state index is 12.1. The van der Waals surface area contributed by atoms with Gasteiger partial charge in [-0.25, -0.2) is 0 Å². The Bertz CT molecular complexity index is 574. The van der Waals surface area contributed by atoms with Crippen LogP contribution in [0.2, 0.25) is 5.02 Å². The SMILES string of the molecule is CCOC(=O)C1CCN(CC(=O)Nc2ccc(Br)cc2Cl)CC1. The molecule has 1 aromatic carbocycles. The molecule has 0 aliphatic carbocycles. The van der Waals surface area contributed by atoms with Gasteiger partial charge in [-0.15, -0.1) is 0 Å². The number of likely N-dealkylation sites (tertiary alicyclic amines) is 1. The first-order chi connectivity index (χ1) is 11.0. The van der Waals surface area contributed by atoms with Gasteiger partial charge >= 0.3 is 5.97 Å². The van der Waals surface area contributed by atoms with Gasteiger partial charge in [0.1, 0.15) is 0 Å². The zero-order valence-corrected chi connectivity index (χ0v) is 15.3. The third-order valence-corrected chi connectivity index (χ3v) is 4.59. The number of rotatable bonds is 5. The van der Waals surface area contributed by atoms with Crippen LogP contribution in [-0.2, 0) is 14.3 Å². The number of nitrogens with one attached hydrogen (secondary N) is 1. The van der Waals surface area contributed by atoms with Gasteiger partial charge in [0, 0.05) is 4.47 Å². The number of hydrogen-bond donors (Lipinski definition) is 1. The van der Waals surface area contributed by atoms with Crippen molar-refractivity contribution in [3.8, 4) is 0 Å². The van der Waals surface area contributed by atoms with E-state index in [1.54, 1.807) is 12.1 Å². The molecule has 0 aromatic heterocycles. The van der Waals surface area contributed by atoms with Gasteiger partial charge in [0.15, 0.2) is 0 Å². The fraction of sp³-hybridized carbons (Fsp3) is 0.500. The van der Waals surface area contributed by atoms with E-state index in [1.807, 2.05) is 17.9 Å². The van der Waals surface area contributed by atoms with Crippen LogP contribution in [-0.4, -0.2) is 43.0 Å². The lowest BCUT2D eigenvalue weighted by atomic mass is 9.97. The van der Waals surface area contributed by atoms with E-state index in [0.717, 1.165) is 17.3 Å². The number of esters is 1. The molecular formula is C16H20BrClN2O3. The number of amides is 1. The van der Waals surface area contributed by atoms with Gasteiger partial charge in [-0.05, 0) is 51.1 Å². The minimum atomic E-state index is -0.127. The Kier molecular flexibility index (Phi) is 6.87. The van der Waals surface area contributed by atoms with Crippen molar-refractivity contribution in [2.45, 2.75) is 19.8 Å². The lowest BCUT2D eigenvalue weighted by Gasteiger charge is -2.30. The Morgan fingerprint density at radius 2 is 2.09 bits per heavy atom. The van der Waals surface area contributed by atoms with Crippen molar-refractivity contribution in [1.29, 1.82) is 0 Å². The van der Waals surface area contributed by atoms with Gasteiger partial charge in [0.2, 0.25) is 5.91 Å². The second kappa shape index (κ2) is 8.66. The Balaban J connectivity index is 1.79. The summed E-state index contributed by atoms with van der Waals surface area (Å²) in [5.74, 6) is -0.280. The molecule has 7 heteroatoms. The zero-order valence-electron chi connectivity index (χ0n) is 13.0. The van der Waals surface area contributed by atoms with Gasteiger partial charge in [-0.1, -0.05) is 27.5 Å². The Hall–Kier alpha value is -1.11. The number of carbonyl (C=O) groups excluding carboxylic acids is 2. The highest BCUT2D eigenvalue weighted by molar-refractivity contribution is 9.10. The van der Waals surface area contributed by atoms with Crippen molar-refractivity contribution in [1.82, 2.24) is 4.90 Å². The van der Waals surface area contributed by atoms with Crippen LogP contribution in [0.25, 0.3) is 0 Å². The quantitative estimate of drug-likeness (QED) is 0.766. The van der Waals surface area contributed by atoms with Crippen molar-refractivity contribution < 1.29 is 14.3 Å². The lowest BCUT2D eigenvalue weighted by Crippen LogP contribution is -2.41. The molecule has 1 fully saturated rings. The highest BCUT2D eigenvalue weighted by atomic mass is 79.9. The molecule has 5 nitrogen and oxygen atoms in total. The number of ether oxygens (including phenoxy) is 1. The summed E-state index contributed by atoms with van der Waals surface area (Å²) in [6.07, 6.45) is 1.45. The number of nitrogens with zero attached hydrogens (tertiary/aromatic N) is 1. The third kappa shape index (κ3) is 5.48. The molecule has 0 unspecified atom stereocenters. The zero-order chi connectivity index (χ0) is 16.8. The van der Waals surface area contributed by atoms with Gasteiger partial charge in [-0.2, -0.15) is 0 Å². The summed E-state index contributed by atoms with van der Waals surface area (Å²) in [5, 5.41) is 3.31. The minimum absolute atomic E-state index is 0.0461. The normalized spacial score (nSPS) is 16.1. The molecule has 0 atom stereocenters.